The molecule has 1 aliphatic heterocycles. The molecule has 0 atom stereocenters. The first-order chi connectivity index (χ1) is 10.7. The molecule has 2 N–H and O–H groups in total. The molecule has 1 amide bonds. The molecule has 1 aromatic rings. The predicted molar refractivity (Wildman–Crippen MR) is 88.5 cm³/mol. The summed E-state index contributed by atoms with van der Waals surface area (Å²) in [6.45, 7) is 0.694. The average Bonchev–Trinajstić information content (AvgIpc) is 2.50. The first-order valence-electron chi connectivity index (χ1n) is 6.96. The van der Waals surface area contributed by atoms with Crippen molar-refractivity contribution in [2.45, 2.75) is 17.6 Å². The Morgan fingerprint density at radius 1 is 1.25 bits per heavy atom. The second-order valence-corrected chi connectivity index (χ2v) is 7.76. The Kier molecular flexibility index (Phi) is 6.54. The number of piperidine rings is 1. The molecule has 0 unspecified atom stereocenters. The minimum Gasteiger partial charge on any atom is -0.494 e. The molecule has 10 heteroatoms. The van der Waals surface area contributed by atoms with E-state index in [1.807, 2.05) is 0 Å². The van der Waals surface area contributed by atoms with Crippen molar-refractivity contribution in [3.63, 3.8) is 0 Å². The van der Waals surface area contributed by atoms with Gasteiger partial charge in [-0.05, 0) is 25.9 Å². The van der Waals surface area contributed by atoms with Crippen molar-refractivity contribution in [3.05, 3.63) is 23.8 Å². The molecule has 1 saturated heterocycles. The minimum atomic E-state index is -3.74. The van der Waals surface area contributed by atoms with Gasteiger partial charge in [0.2, 0.25) is 5.91 Å². The zero-order valence-electron chi connectivity index (χ0n) is 13.2. The Bertz CT molecular complexity index is 722. The fraction of sp³-hybridized carbons (Fsp3) is 0.500. The maximum absolute atomic E-state index is 13.9. The molecule has 0 aromatic heterocycles. The molecule has 1 fully saturated rings. The van der Waals surface area contributed by atoms with E-state index in [0.29, 0.717) is 13.1 Å². The minimum absolute atomic E-state index is 0. The Hall–Kier alpha value is -1.45. The van der Waals surface area contributed by atoms with Crippen molar-refractivity contribution in [2.75, 3.05) is 31.8 Å². The summed E-state index contributed by atoms with van der Waals surface area (Å²) in [5.74, 6) is -2.93. The van der Waals surface area contributed by atoms with E-state index in [1.165, 1.54) is 7.11 Å². The lowest BCUT2D eigenvalue weighted by Gasteiger charge is -2.34. The first-order valence-corrected chi connectivity index (χ1v) is 8.85. The third kappa shape index (κ3) is 3.79. The van der Waals surface area contributed by atoms with Gasteiger partial charge in [0, 0.05) is 18.4 Å². The molecule has 1 aromatic carbocycles. The molecular formula is C14H19ClF2N2O4S. The van der Waals surface area contributed by atoms with Crippen LogP contribution < -0.4 is 15.4 Å². The Morgan fingerprint density at radius 2 is 1.83 bits per heavy atom. The molecule has 0 saturated carbocycles. The van der Waals surface area contributed by atoms with Crippen LogP contribution >= 0.6 is 12.4 Å². The quantitative estimate of drug-likeness (QED) is 0.821. The van der Waals surface area contributed by atoms with Gasteiger partial charge in [0.1, 0.15) is 0 Å². The van der Waals surface area contributed by atoms with Gasteiger partial charge in [0.15, 0.2) is 32.0 Å². The number of halogens is 3. The summed E-state index contributed by atoms with van der Waals surface area (Å²) in [5.41, 5.74) is -0.421. The van der Waals surface area contributed by atoms with Crippen LogP contribution in [0.3, 0.4) is 0 Å². The number of ether oxygens (including phenoxy) is 1. The number of carbonyl (C=O) groups is 1. The standard InChI is InChI=1S/C14H18F2N2O4S.ClH/c1-22-12-8-9(15)11(7-10(12)16)18-13(19)14(23(2,20)21)3-5-17-6-4-14;/h7-8,17H,3-6H2,1-2H3,(H,18,19);1H. The molecule has 0 spiro atoms. The van der Waals surface area contributed by atoms with Crippen LogP contribution in [0.25, 0.3) is 0 Å². The number of benzene rings is 1. The largest absolute Gasteiger partial charge is 0.494 e. The van der Waals surface area contributed by atoms with Gasteiger partial charge in [0.25, 0.3) is 0 Å². The fourth-order valence-corrected chi connectivity index (χ4v) is 3.95. The van der Waals surface area contributed by atoms with Crippen LogP contribution in [-0.4, -0.2) is 45.5 Å². The lowest BCUT2D eigenvalue weighted by molar-refractivity contribution is -0.119. The number of anilines is 1. The third-order valence-corrected chi connectivity index (χ3v) is 6.04. The van der Waals surface area contributed by atoms with Crippen molar-refractivity contribution in [3.8, 4) is 5.75 Å². The number of hydrogen-bond donors (Lipinski definition) is 2. The number of sulfone groups is 1. The van der Waals surface area contributed by atoms with E-state index >= 15 is 0 Å². The van der Waals surface area contributed by atoms with Gasteiger partial charge in [-0.3, -0.25) is 4.79 Å². The Balaban J connectivity index is 0.00000288. The van der Waals surface area contributed by atoms with Crippen LogP contribution in [0.4, 0.5) is 14.5 Å². The lowest BCUT2D eigenvalue weighted by atomic mass is 9.95. The summed E-state index contributed by atoms with van der Waals surface area (Å²) < 4.78 is 54.8. The first kappa shape index (κ1) is 20.6. The van der Waals surface area contributed by atoms with E-state index < -0.39 is 37.8 Å². The smallest absolute Gasteiger partial charge is 0.246 e. The van der Waals surface area contributed by atoms with E-state index in [2.05, 4.69) is 15.4 Å². The second-order valence-electron chi connectivity index (χ2n) is 5.44. The third-order valence-electron chi connectivity index (χ3n) is 4.02. The molecule has 136 valence electrons. The molecule has 0 bridgehead atoms. The summed E-state index contributed by atoms with van der Waals surface area (Å²) in [4.78, 5) is 12.5. The van der Waals surface area contributed by atoms with E-state index in [1.54, 1.807) is 0 Å². The van der Waals surface area contributed by atoms with Gasteiger partial charge in [0.05, 0.1) is 12.8 Å². The Labute approximate surface area is 145 Å². The number of hydrogen-bond acceptors (Lipinski definition) is 5. The summed E-state index contributed by atoms with van der Waals surface area (Å²) in [6, 6.07) is 1.56. The highest BCUT2D eigenvalue weighted by molar-refractivity contribution is 7.92. The summed E-state index contributed by atoms with van der Waals surface area (Å²) in [7, 11) is -2.55. The number of rotatable bonds is 4. The zero-order chi connectivity index (χ0) is 17.3. The topological polar surface area (TPSA) is 84.5 Å². The van der Waals surface area contributed by atoms with Crippen molar-refractivity contribution in [2.24, 2.45) is 0 Å². The summed E-state index contributed by atoms with van der Waals surface area (Å²) in [5, 5.41) is 5.17. The molecule has 0 aliphatic carbocycles. The summed E-state index contributed by atoms with van der Waals surface area (Å²) in [6.07, 6.45) is 1.11. The summed E-state index contributed by atoms with van der Waals surface area (Å²) >= 11 is 0. The van der Waals surface area contributed by atoms with E-state index in [4.69, 9.17) is 0 Å². The van der Waals surface area contributed by atoms with Crippen LogP contribution in [0, 0.1) is 11.6 Å². The van der Waals surface area contributed by atoms with Gasteiger partial charge < -0.3 is 15.4 Å². The van der Waals surface area contributed by atoms with Crippen molar-refractivity contribution in [1.82, 2.24) is 5.32 Å². The van der Waals surface area contributed by atoms with Gasteiger partial charge in [-0.1, -0.05) is 0 Å². The van der Waals surface area contributed by atoms with Gasteiger partial charge in [-0.15, -0.1) is 12.4 Å². The molecule has 6 nitrogen and oxygen atoms in total. The van der Waals surface area contributed by atoms with E-state index in [0.717, 1.165) is 18.4 Å². The monoisotopic (exact) mass is 384 g/mol. The van der Waals surface area contributed by atoms with Crippen LogP contribution in [0.15, 0.2) is 12.1 Å². The highest BCUT2D eigenvalue weighted by Gasteiger charge is 2.48. The van der Waals surface area contributed by atoms with Crippen LogP contribution in [-0.2, 0) is 14.6 Å². The van der Waals surface area contributed by atoms with Crippen LogP contribution in [0.2, 0.25) is 0 Å². The van der Waals surface area contributed by atoms with Gasteiger partial charge >= 0.3 is 0 Å². The maximum atomic E-state index is 13.9. The highest BCUT2D eigenvalue weighted by Crippen LogP contribution is 2.31. The van der Waals surface area contributed by atoms with Crippen molar-refractivity contribution in [1.29, 1.82) is 0 Å². The van der Waals surface area contributed by atoms with Crippen molar-refractivity contribution >= 4 is 33.8 Å². The number of nitrogens with one attached hydrogen (secondary N) is 2. The van der Waals surface area contributed by atoms with Crippen molar-refractivity contribution < 1.29 is 26.7 Å². The molecule has 24 heavy (non-hydrogen) atoms. The average molecular weight is 385 g/mol. The van der Waals surface area contributed by atoms with E-state index in [-0.39, 0.29) is 31.0 Å². The number of carbonyl (C=O) groups excluding carboxylic acids is 1. The lowest BCUT2D eigenvalue weighted by Crippen LogP contribution is -2.55. The van der Waals surface area contributed by atoms with Gasteiger partial charge in [-0.2, -0.15) is 0 Å². The number of methoxy groups -OCH3 is 1. The predicted octanol–water partition coefficient (Wildman–Crippen LogP) is 1.50. The Morgan fingerprint density at radius 3 is 2.33 bits per heavy atom. The molecule has 0 radical (unpaired) electrons. The molecular weight excluding hydrogens is 366 g/mol. The van der Waals surface area contributed by atoms with Gasteiger partial charge in [-0.25, -0.2) is 17.2 Å². The normalized spacial score (nSPS) is 16.8. The second kappa shape index (κ2) is 7.62. The highest BCUT2D eigenvalue weighted by atomic mass is 35.5. The van der Waals surface area contributed by atoms with E-state index in [9.17, 15) is 22.0 Å². The van der Waals surface area contributed by atoms with Crippen LogP contribution in [0.1, 0.15) is 12.8 Å². The molecule has 1 heterocycles. The zero-order valence-corrected chi connectivity index (χ0v) is 14.8. The number of amides is 1. The SMILES string of the molecule is COc1cc(F)c(NC(=O)C2(S(C)(=O)=O)CCNCC2)cc1F.Cl. The van der Waals surface area contributed by atoms with Crippen LogP contribution in [0.5, 0.6) is 5.75 Å². The maximum Gasteiger partial charge on any atom is 0.246 e. The molecule has 1 aliphatic rings. The molecule has 2 rings (SSSR count). The fourth-order valence-electron chi connectivity index (χ4n) is 2.61.